The Bertz CT molecular complexity index is 502. The SMILES string of the molecule is COCCNC(c1nccs1)c1nc2c(s1)CCC2. The number of rotatable bonds is 6. The Labute approximate surface area is 120 Å². The van der Waals surface area contributed by atoms with Crippen LogP contribution in [0, 0.1) is 0 Å². The molecule has 1 aliphatic carbocycles. The minimum Gasteiger partial charge on any atom is -0.383 e. The molecule has 0 saturated heterocycles. The van der Waals surface area contributed by atoms with Crippen LogP contribution in [0.15, 0.2) is 11.6 Å². The van der Waals surface area contributed by atoms with Gasteiger partial charge in [0.1, 0.15) is 16.1 Å². The molecule has 2 aromatic heterocycles. The number of methoxy groups -OCH3 is 1. The Kier molecular flexibility index (Phi) is 4.22. The molecule has 0 spiro atoms. The zero-order chi connectivity index (χ0) is 13.1. The van der Waals surface area contributed by atoms with Crippen LogP contribution < -0.4 is 5.32 Å². The van der Waals surface area contributed by atoms with Crippen molar-refractivity contribution < 1.29 is 4.74 Å². The Balaban J connectivity index is 1.81. The second kappa shape index (κ2) is 6.09. The van der Waals surface area contributed by atoms with Gasteiger partial charge in [0, 0.05) is 30.1 Å². The molecule has 6 heteroatoms. The van der Waals surface area contributed by atoms with E-state index in [0.29, 0.717) is 6.61 Å². The van der Waals surface area contributed by atoms with E-state index >= 15 is 0 Å². The maximum absolute atomic E-state index is 5.11. The molecule has 0 saturated carbocycles. The van der Waals surface area contributed by atoms with Gasteiger partial charge in [-0.1, -0.05) is 0 Å². The quantitative estimate of drug-likeness (QED) is 0.831. The van der Waals surface area contributed by atoms with Crippen LogP contribution in [0.25, 0.3) is 0 Å². The average Bonchev–Trinajstić information content (AvgIpc) is 3.10. The highest BCUT2D eigenvalue weighted by molar-refractivity contribution is 7.12. The van der Waals surface area contributed by atoms with Gasteiger partial charge in [-0.25, -0.2) is 9.97 Å². The third-order valence-electron chi connectivity index (χ3n) is 3.21. The second-order valence-corrected chi connectivity index (χ2v) is 6.57. The molecule has 2 aromatic rings. The van der Waals surface area contributed by atoms with Crippen molar-refractivity contribution >= 4 is 22.7 Å². The number of hydrogen-bond donors (Lipinski definition) is 1. The Morgan fingerprint density at radius 3 is 3.11 bits per heavy atom. The first kappa shape index (κ1) is 13.2. The normalized spacial score (nSPS) is 15.6. The molecular formula is C13H17N3OS2. The lowest BCUT2D eigenvalue weighted by molar-refractivity contribution is 0.197. The summed E-state index contributed by atoms with van der Waals surface area (Å²) in [6, 6.07) is 0.116. The summed E-state index contributed by atoms with van der Waals surface area (Å²) < 4.78 is 5.11. The number of nitrogens with zero attached hydrogens (tertiary/aromatic N) is 2. The van der Waals surface area contributed by atoms with Gasteiger partial charge in [-0.15, -0.1) is 22.7 Å². The fourth-order valence-electron chi connectivity index (χ4n) is 2.30. The fraction of sp³-hybridized carbons (Fsp3) is 0.538. The fourth-order valence-corrected chi connectivity index (χ4v) is 4.32. The van der Waals surface area contributed by atoms with Gasteiger partial charge in [0.05, 0.1) is 12.3 Å². The van der Waals surface area contributed by atoms with Crippen LogP contribution in [0.1, 0.15) is 33.0 Å². The molecule has 1 N–H and O–H groups in total. The molecule has 1 unspecified atom stereocenters. The van der Waals surface area contributed by atoms with Crippen LogP contribution in [0.2, 0.25) is 0 Å². The van der Waals surface area contributed by atoms with E-state index in [4.69, 9.17) is 9.72 Å². The summed E-state index contributed by atoms with van der Waals surface area (Å²) in [5.74, 6) is 0. The van der Waals surface area contributed by atoms with Crippen molar-refractivity contribution in [2.75, 3.05) is 20.3 Å². The van der Waals surface area contributed by atoms with Gasteiger partial charge in [-0.3, -0.25) is 5.32 Å². The van der Waals surface area contributed by atoms with Crippen LogP contribution >= 0.6 is 22.7 Å². The van der Waals surface area contributed by atoms with Crippen molar-refractivity contribution in [1.29, 1.82) is 0 Å². The lowest BCUT2D eigenvalue weighted by Crippen LogP contribution is -2.25. The Hall–Kier alpha value is -0.820. The summed E-state index contributed by atoms with van der Waals surface area (Å²) >= 11 is 3.52. The second-order valence-electron chi connectivity index (χ2n) is 4.53. The average molecular weight is 295 g/mol. The standard InChI is InChI=1S/C13H17N3OS2/c1-17-7-5-14-11(12-15-6-8-18-12)13-16-9-3-2-4-10(9)19-13/h6,8,11,14H,2-5,7H2,1H3. The van der Waals surface area contributed by atoms with Gasteiger partial charge in [0.25, 0.3) is 0 Å². The lowest BCUT2D eigenvalue weighted by Gasteiger charge is -2.13. The number of hydrogen-bond acceptors (Lipinski definition) is 6. The molecule has 19 heavy (non-hydrogen) atoms. The van der Waals surface area contributed by atoms with Crippen LogP contribution in [-0.4, -0.2) is 30.2 Å². The molecule has 2 heterocycles. The summed E-state index contributed by atoms with van der Waals surface area (Å²) in [6.07, 6.45) is 5.43. The van der Waals surface area contributed by atoms with Crippen molar-refractivity contribution in [2.45, 2.75) is 25.3 Å². The van der Waals surface area contributed by atoms with Gasteiger partial charge in [0.15, 0.2) is 0 Å². The number of ether oxygens (including phenoxy) is 1. The molecule has 1 atom stereocenters. The van der Waals surface area contributed by atoms with E-state index in [0.717, 1.165) is 23.0 Å². The predicted molar refractivity (Wildman–Crippen MR) is 78.0 cm³/mol. The maximum atomic E-state index is 5.11. The van der Waals surface area contributed by atoms with Crippen molar-refractivity contribution in [1.82, 2.24) is 15.3 Å². The summed E-state index contributed by atoms with van der Waals surface area (Å²) in [7, 11) is 1.72. The van der Waals surface area contributed by atoms with E-state index in [1.54, 1.807) is 18.4 Å². The first-order chi connectivity index (χ1) is 9.38. The third-order valence-corrected chi connectivity index (χ3v) is 5.27. The third kappa shape index (κ3) is 2.86. The highest BCUT2D eigenvalue weighted by Gasteiger charge is 2.24. The van der Waals surface area contributed by atoms with Crippen molar-refractivity contribution in [3.05, 3.63) is 32.2 Å². The number of aromatic nitrogens is 2. The molecule has 0 bridgehead atoms. The largest absolute Gasteiger partial charge is 0.383 e. The molecule has 102 valence electrons. The number of nitrogens with one attached hydrogen (secondary N) is 1. The van der Waals surface area contributed by atoms with E-state index in [1.807, 2.05) is 22.9 Å². The number of fused-ring (bicyclic) bond motifs is 1. The zero-order valence-electron chi connectivity index (χ0n) is 10.9. The van der Waals surface area contributed by atoms with Crippen LogP contribution in [0.5, 0.6) is 0 Å². The Morgan fingerprint density at radius 1 is 1.42 bits per heavy atom. The Morgan fingerprint density at radius 2 is 2.37 bits per heavy atom. The van der Waals surface area contributed by atoms with Crippen molar-refractivity contribution in [3.63, 3.8) is 0 Å². The zero-order valence-corrected chi connectivity index (χ0v) is 12.5. The molecule has 0 amide bonds. The minimum atomic E-state index is 0.116. The lowest BCUT2D eigenvalue weighted by atomic mass is 10.3. The molecule has 3 rings (SSSR count). The highest BCUT2D eigenvalue weighted by atomic mass is 32.1. The van der Waals surface area contributed by atoms with Gasteiger partial charge < -0.3 is 4.74 Å². The highest BCUT2D eigenvalue weighted by Crippen LogP contribution is 2.33. The van der Waals surface area contributed by atoms with Crippen LogP contribution in [-0.2, 0) is 17.6 Å². The summed E-state index contributed by atoms with van der Waals surface area (Å²) in [4.78, 5) is 10.7. The van der Waals surface area contributed by atoms with E-state index in [-0.39, 0.29) is 6.04 Å². The smallest absolute Gasteiger partial charge is 0.117 e. The van der Waals surface area contributed by atoms with Gasteiger partial charge >= 0.3 is 0 Å². The summed E-state index contributed by atoms with van der Waals surface area (Å²) in [5.41, 5.74) is 1.30. The van der Waals surface area contributed by atoms with Gasteiger partial charge in [-0.05, 0) is 19.3 Å². The van der Waals surface area contributed by atoms with Gasteiger partial charge in [-0.2, -0.15) is 0 Å². The molecule has 0 fully saturated rings. The van der Waals surface area contributed by atoms with E-state index in [2.05, 4.69) is 10.3 Å². The molecule has 0 radical (unpaired) electrons. The first-order valence-electron chi connectivity index (χ1n) is 6.48. The topological polar surface area (TPSA) is 47.0 Å². The predicted octanol–water partition coefficient (Wildman–Crippen LogP) is 2.41. The molecule has 4 nitrogen and oxygen atoms in total. The molecule has 0 aromatic carbocycles. The van der Waals surface area contributed by atoms with E-state index in [9.17, 15) is 0 Å². The number of aryl methyl sites for hydroxylation is 2. The van der Waals surface area contributed by atoms with Crippen molar-refractivity contribution in [3.8, 4) is 0 Å². The van der Waals surface area contributed by atoms with Crippen LogP contribution in [0.3, 0.4) is 0 Å². The monoisotopic (exact) mass is 295 g/mol. The first-order valence-corrected chi connectivity index (χ1v) is 8.18. The molecular weight excluding hydrogens is 278 g/mol. The summed E-state index contributed by atoms with van der Waals surface area (Å²) in [5, 5.41) is 7.75. The van der Waals surface area contributed by atoms with Crippen molar-refractivity contribution in [2.24, 2.45) is 0 Å². The van der Waals surface area contributed by atoms with Gasteiger partial charge in [0.2, 0.25) is 0 Å². The summed E-state index contributed by atoms with van der Waals surface area (Å²) in [6.45, 7) is 1.51. The van der Waals surface area contributed by atoms with Crippen LogP contribution in [0.4, 0.5) is 0 Å². The molecule has 1 aliphatic rings. The number of thiazole rings is 2. The van der Waals surface area contributed by atoms with E-state index < -0.39 is 0 Å². The van der Waals surface area contributed by atoms with E-state index in [1.165, 1.54) is 23.4 Å². The minimum absolute atomic E-state index is 0.116. The maximum Gasteiger partial charge on any atom is 0.117 e. The molecule has 0 aliphatic heterocycles.